The van der Waals surface area contributed by atoms with Crippen molar-refractivity contribution in [2.24, 2.45) is 0 Å². The fourth-order valence-corrected chi connectivity index (χ4v) is 1.90. The average Bonchev–Trinajstić information content (AvgIpc) is 2.32. The van der Waals surface area contributed by atoms with Gasteiger partial charge in [-0.2, -0.15) is 0 Å². The van der Waals surface area contributed by atoms with Gasteiger partial charge >= 0.3 is 0 Å². The Balaban J connectivity index is 2.49. The van der Waals surface area contributed by atoms with Crippen molar-refractivity contribution in [3.63, 3.8) is 0 Å². The molecule has 1 aromatic rings. The molecule has 0 aliphatic carbocycles. The molecule has 0 aliphatic heterocycles. The highest BCUT2D eigenvalue weighted by atomic mass is 79.9. The number of rotatable bonds is 6. The predicted octanol–water partition coefficient (Wildman–Crippen LogP) is 0.725. The highest BCUT2D eigenvalue weighted by molar-refractivity contribution is 9.10. The number of carbonyl (C=O) groups excluding carboxylic acids is 1. The highest BCUT2D eigenvalue weighted by Gasteiger charge is 2.06. The van der Waals surface area contributed by atoms with Gasteiger partial charge in [0, 0.05) is 29.3 Å². The number of pyridine rings is 1. The predicted molar refractivity (Wildman–Crippen MR) is 74.6 cm³/mol. The SMILES string of the molecule is CCN[C@H](C)CNC(=O)Cn1cc(Br)ccc1=O. The number of nitrogens with zero attached hydrogens (tertiary/aromatic N) is 1. The van der Waals surface area contributed by atoms with Crippen LogP contribution in [0.15, 0.2) is 27.6 Å². The number of aromatic nitrogens is 1. The highest BCUT2D eigenvalue weighted by Crippen LogP contribution is 2.04. The Morgan fingerprint density at radius 2 is 2.22 bits per heavy atom. The second-order valence-corrected chi connectivity index (χ2v) is 4.99. The van der Waals surface area contributed by atoms with E-state index in [4.69, 9.17) is 0 Å². The quantitative estimate of drug-likeness (QED) is 0.813. The summed E-state index contributed by atoms with van der Waals surface area (Å²) in [6.45, 7) is 5.46. The number of nitrogens with one attached hydrogen (secondary N) is 2. The smallest absolute Gasteiger partial charge is 0.251 e. The van der Waals surface area contributed by atoms with Gasteiger partial charge in [0.25, 0.3) is 5.56 Å². The molecule has 0 bridgehead atoms. The molecule has 0 saturated carbocycles. The summed E-state index contributed by atoms with van der Waals surface area (Å²) in [5.74, 6) is -0.167. The van der Waals surface area contributed by atoms with Gasteiger partial charge in [-0.15, -0.1) is 0 Å². The molecular formula is C12H18BrN3O2. The van der Waals surface area contributed by atoms with Crippen LogP contribution in [0.5, 0.6) is 0 Å². The second-order valence-electron chi connectivity index (χ2n) is 4.08. The number of halogens is 1. The van der Waals surface area contributed by atoms with Gasteiger partial charge < -0.3 is 15.2 Å². The molecule has 0 saturated heterocycles. The molecular weight excluding hydrogens is 298 g/mol. The zero-order valence-corrected chi connectivity index (χ0v) is 12.2. The first-order valence-corrected chi connectivity index (χ1v) is 6.68. The van der Waals surface area contributed by atoms with Crippen LogP contribution in [0.25, 0.3) is 0 Å². The van der Waals surface area contributed by atoms with E-state index in [9.17, 15) is 9.59 Å². The fraction of sp³-hybridized carbons (Fsp3) is 0.500. The molecule has 2 N–H and O–H groups in total. The van der Waals surface area contributed by atoms with Gasteiger partial charge in [0.1, 0.15) is 6.54 Å². The molecule has 18 heavy (non-hydrogen) atoms. The average molecular weight is 316 g/mol. The van der Waals surface area contributed by atoms with Crippen LogP contribution in [0.1, 0.15) is 13.8 Å². The van der Waals surface area contributed by atoms with Gasteiger partial charge in [0.05, 0.1) is 0 Å². The molecule has 0 fully saturated rings. The van der Waals surface area contributed by atoms with E-state index < -0.39 is 0 Å². The fourth-order valence-electron chi connectivity index (χ4n) is 1.52. The maximum absolute atomic E-state index is 11.7. The molecule has 0 spiro atoms. The number of carbonyl (C=O) groups is 1. The Kier molecular flexibility index (Phi) is 6.07. The number of hydrogen-bond donors (Lipinski definition) is 2. The normalized spacial score (nSPS) is 12.2. The zero-order chi connectivity index (χ0) is 13.5. The maximum atomic E-state index is 11.7. The van der Waals surface area contributed by atoms with E-state index in [1.54, 1.807) is 12.3 Å². The summed E-state index contributed by atoms with van der Waals surface area (Å²) >= 11 is 3.27. The number of amides is 1. The van der Waals surface area contributed by atoms with E-state index in [2.05, 4.69) is 26.6 Å². The second kappa shape index (κ2) is 7.33. The van der Waals surface area contributed by atoms with Crippen molar-refractivity contribution in [2.45, 2.75) is 26.4 Å². The molecule has 0 radical (unpaired) electrons. The van der Waals surface area contributed by atoms with Gasteiger partial charge in [-0.05, 0) is 35.5 Å². The lowest BCUT2D eigenvalue weighted by Crippen LogP contribution is -2.40. The van der Waals surface area contributed by atoms with Crippen LogP contribution < -0.4 is 16.2 Å². The number of likely N-dealkylation sites (N-methyl/N-ethyl adjacent to an activating group) is 1. The lowest BCUT2D eigenvalue weighted by Gasteiger charge is -2.13. The summed E-state index contributed by atoms with van der Waals surface area (Å²) in [6, 6.07) is 3.31. The van der Waals surface area contributed by atoms with Crippen LogP contribution in [0.3, 0.4) is 0 Å². The van der Waals surface area contributed by atoms with Gasteiger partial charge in [0.15, 0.2) is 0 Å². The molecule has 1 aromatic heterocycles. The summed E-state index contributed by atoms with van der Waals surface area (Å²) in [7, 11) is 0. The van der Waals surface area contributed by atoms with Gasteiger partial charge in [0.2, 0.25) is 5.91 Å². The monoisotopic (exact) mass is 315 g/mol. The summed E-state index contributed by atoms with van der Waals surface area (Å²) < 4.78 is 2.15. The Hall–Kier alpha value is -1.14. The molecule has 0 aromatic carbocycles. The third kappa shape index (κ3) is 5.01. The van der Waals surface area contributed by atoms with Crippen LogP contribution in [0.4, 0.5) is 0 Å². The van der Waals surface area contributed by atoms with Crippen molar-refractivity contribution in [3.05, 3.63) is 33.2 Å². The molecule has 1 rings (SSSR count). The van der Waals surface area contributed by atoms with Crippen molar-refractivity contribution in [3.8, 4) is 0 Å². The molecule has 0 unspecified atom stereocenters. The minimum Gasteiger partial charge on any atom is -0.353 e. The molecule has 1 amide bonds. The van der Waals surface area contributed by atoms with Gasteiger partial charge in [-0.25, -0.2) is 0 Å². The van der Waals surface area contributed by atoms with Crippen LogP contribution >= 0.6 is 15.9 Å². The summed E-state index contributed by atoms with van der Waals surface area (Å²) in [5.41, 5.74) is -0.187. The molecule has 1 atom stereocenters. The van der Waals surface area contributed by atoms with Crippen molar-refractivity contribution in [1.29, 1.82) is 0 Å². The van der Waals surface area contributed by atoms with Crippen LogP contribution in [-0.2, 0) is 11.3 Å². The Morgan fingerprint density at radius 1 is 1.50 bits per heavy atom. The van der Waals surface area contributed by atoms with E-state index in [0.29, 0.717) is 6.54 Å². The minimum absolute atomic E-state index is 0.0388. The van der Waals surface area contributed by atoms with Crippen LogP contribution in [-0.4, -0.2) is 29.6 Å². The topological polar surface area (TPSA) is 63.1 Å². The molecule has 1 heterocycles. The van der Waals surface area contributed by atoms with Crippen LogP contribution in [0.2, 0.25) is 0 Å². The van der Waals surface area contributed by atoms with E-state index in [1.165, 1.54) is 10.6 Å². The van der Waals surface area contributed by atoms with E-state index in [-0.39, 0.29) is 24.1 Å². The lowest BCUT2D eigenvalue weighted by molar-refractivity contribution is -0.121. The first kappa shape index (κ1) is 14.9. The molecule has 6 heteroatoms. The molecule has 5 nitrogen and oxygen atoms in total. The lowest BCUT2D eigenvalue weighted by atomic mass is 10.3. The standard InChI is InChI=1S/C12H18BrN3O2/c1-3-14-9(2)6-15-11(17)8-16-7-10(13)4-5-12(16)18/h4-5,7,9,14H,3,6,8H2,1-2H3,(H,15,17)/t9-/m1/s1. The van der Waals surface area contributed by atoms with Crippen molar-refractivity contribution in [1.82, 2.24) is 15.2 Å². The summed E-state index contributed by atoms with van der Waals surface area (Å²) in [4.78, 5) is 23.2. The largest absolute Gasteiger partial charge is 0.353 e. The van der Waals surface area contributed by atoms with E-state index >= 15 is 0 Å². The first-order valence-electron chi connectivity index (χ1n) is 5.89. The number of hydrogen-bond acceptors (Lipinski definition) is 3. The van der Waals surface area contributed by atoms with Crippen molar-refractivity contribution in [2.75, 3.05) is 13.1 Å². The van der Waals surface area contributed by atoms with E-state index in [1.807, 2.05) is 13.8 Å². The Morgan fingerprint density at radius 3 is 2.89 bits per heavy atom. The van der Waals surface area contributed by atoms with Gasteiger partial charge in [-0.1, -0.05) is 6.92 Å². The molecule has 0 aliphatic rings. The minimum atomic E-state index is -0.187. The van der Waals surface area contributed by atoms with Crippen molar-refractivity contribution >= 4 is 21.8 Å². The van der Waals surface area contributed by atoms with Crippen molar-refractivity contribution < 1.29 is 4.79 Å². The van der Waals surface area contributed by atoms with Crippen LogP contribution in [0, 0.1) is 0 Å². The zero-order valence-electron chi connectivity index (χ0n) is 10.6. The Labute approximate surface area is 115 Å². The summed E-state index contributed by atoms with van der Waals surface area (Å²) in [6.07, 6.45) is 1.61. The third-order valence-electron chi connectivity index (χ3n) is 2.42. The maximum Gasteiger partial charge on any atom is 0.251 e. The van der Waals surface area contributed by atoms with Gasteiger partial charge in [-0.3, -0.25) is 9.59 Å². The first-order chi connectivity index (χ1) is 8.52. The Bertz CT molecular complexity index is 459. The van der Waals surface area contributed by atoms with E-state index in [0.717, 1.165) is 11.0 Å². The summed E-state index contributed by atoms with van der Waals surface area (Å²) in [5, 5.41) is 5.98. The third-order valence-corrected chi connectivity index (χ3v) is 2.89. The molecule has 100 valence electrons.